The van der Waals surface area contributed by atoms with Gasteiger partial charge in [-0.15, -0.1) is 0 Å². The number of aryl methyl sites for hydroxylation is 1. The van der Waals surface area contributed by atoms with Crippen LogP contribution in [0.5, 0.6) is 0 Å². The van der Waals surface area contributed by atoms with Gasteiger partial charge in [-0.25, -0.2) is 0 Å². The molecule has 1 rings (SSSR count). The number of hydrogen-bond donors (Lipinski definition) is 0. The van der Waals surface area contributed by atoms with Crippen LogP contribution in [0.15, 0.2) is 73.9 Å². The third-order valence-electron chi connectivity index (χ3n) is 5.98. The van der Waals surface area contributed by atoms with Gasteiger partial charge >= 0.3 is 0 Å². The summed E-state index contributed by atoms with van der Waals surface area (Å²) in [5.74, 6) is 0. The van der Waals surface area contributed by atoms with E-state index in [2.05, 4.69) is 64.4 Å². The molecule has 0 fully saturated rings. The lowest BCUT2D eigenvalue weighted by Gasteiger charge is -2.37. The molecular weight excluding hydrogens is 336 g/mol. The lowest BCUT2D eigenvalue weighted by molar-refractivity contribution is 0.499. The van der Waals surface area contributed by atoms with E-state index in [0.717, 1.165) is 24.0 Å². The zero-order valence-electron chi connectivity index (χ0n) is 18.6. The van der Waals surface area contributed by atoms with Crippen molar-refractivity contribution in [1.82, 2.24) is 0 Å². The highest BCUT2D eigenvalue weighted by Crippen LogP contribution is 2.44. The molecule has 0 bridgehead atoms. The van der Waals surface area contributed by atoms with Gasteiger partial charge in [0, 0.05) is 5.41 Å². The van der Waals surface area contributed by atoms with E-state index in [9.17, 15) is 0 Å². The Bertz CT molecular complexity index is 611. The van der Waals surface area contributed by atoms with E-state index in [0.29, 0.717) is 0 Å². The van der Waals surface area contributed by atoms with E-state index in [1.165, 1.54) is 68.9 Å². The summed E-state index contributed by atoms with van der Waals surface area (Å²) in [6.07, 6.45) is 17.5. The second kappa shape index (κ2) is 13.4. The second-order valence-corrected chi connectivity index (χ2v) is 8.04. The van der Waals surface area contributed by atoms with Gasteiger partial charge in [0.25, 0.3) is 0 Å². The number of rotatable bonds is 16. The Hall–Kier alpha value is -1.82. The van der Waals surface area contributed by atoms with Crippen molar-refractivity contribution in [2.24, 2.45) is 0 Å². The van der Waals surface area contributed by atoms with Gasteiger partial charge in [0.05, 0.1) is 0 Å². The molecule has 1 aromatic carbocycles. The predicted octanol–water partition coefficient (Wildman–Crippen LogP) is 8.89. The topological polar surface area (TPSA) is 0 Å². The predicted molar refractivity (Wildman–Crippen MR) is 128 cm³/mol. The first-order valence-corrected chi connectivity index (χ1v) is 11.3. The van der Waals surface area contributed by atoms with Crippen molar-refractivity contribution in [3.05, 3.63) is 85.0 Å². The van der Waals surface area contributed by atoms with Crippen molar-refractivity contribution in [2.75, 3.05) is 0 Å². The van der Waals surface area contributed by atoms with Crippen molar-refractivity contribution in [3.63, 3.8) is 0 Å². The van der Waals surface area contributed by atoms with Gasteiger partial charge in [-0.1, -0.05) is 128 Å². The van der Waals surface area contributed by atoms with Gasteiger partial charge < -0.3 is 0 Å². The zero-order chi connectivity index (χ0) is 20.8. The minimum atomic E-state index is -0.283. The molecule has 0 saturated carbocycles. The average Bonchev–Trinajstić information content (AvgIpc) is 2.73. The molecule has 0 N–H and O–H groups in total. The van der Waals surface area contributed by atoms with Gasteiger partial charge in [-0.2, -0.15) is 0 Å². The third kappa shape index (κ3) is 6.66. The lowest BCUT2D eigenvalue weighted by atomic mass is 9.66. The fourth-order valence-electron chi connectivity index (χ4n) is 4.13. The van der Waals surface area contributed by atoms with E-state index >= 15 is 0 Å². The maximum absolute atomic E-state index is 4.40. The summed E-state index contributed by atoms with van der Waals surface area (Å²) in [4.78, 5) is 0. The highest BCUT2D eigenvalue weighted by Gasteiger charge is 2.35. The molecular formula is C28H42. The van der Waals surface area contributed by atoms with Crippen LogP contribution in [0.4, 0.5) is 0 Å². The first-order chi connectivity index (χ1) is 13.6. The fraction of sp³-hybridized carbons (Fsp3) is 0.500. The smallest absolute Gasteiger partial charge is 0.0439 e. The van der Waals surface area contributed by atoms with E-state index in [4.69, 9.17) is 0 Å². The molecule has 1 aromatic rings. The van der Waals surface area contributed by atoms with Crippen molar-refractivity contribution >= 4 is 0 Å². The summed E-state index contributed by atoms with van der Waals surface area (Å²) in [7, 11) is 0. The Balaban J connectivity index is 3.13. The summed E-state index contributed by atoms with van der Waals surface area (Å²) in [5, 5.41) is 0. The highest BCUT2D eigenvalue weighted by atomic mass is 14.4. The largest absolute Gasteiger partial charge is 0.0988 e. The summed E-state index contributed by atoms with van der Waals surface area (Å²) < 4.78 is 0. The van der Waals surface area contributed by atoms with Crippen LogP contribution in [0.25, 0.3) is 0 Å². The van der Waals surface area contributed by atoms with Crippen molar-refractivity contribution in [2.45, 2.75) is 89.9 Å². The van der Waals surface area contributed by atoms with E-state index in [1.54, 1.807) is 0 Å². The Morgan fingerprint density at radius 2 is 1.39 bits per heavy atom. The molecule has 0 saturated heterocycles. The molecule has 0 amide bonds. The molecule has 154 valence electrons. The summed E-state index contributed by atoms with van der Waals surface area (Å²) in [5.41, 5.74) is 4.50. The van der Waals surface area contributed by atoms with Gasteiger partial charge in [-0.3, -0.25) is 0 Å². The van der Waals surface area contributed by atoms with Crippen LogP contribution < -0.4 is 0 Å². The summed E-state index contributed by atoms with van der Waals surface area (Å²) in [6.45, 7) is 21.4. The molecule has 0 aromatic heterocycles. The molecule has 0 aliphatic heterocycles. The van der Waals surface area contributed by atoms with Crippen LogP contribution in [0, 0.1) is 0 Å². The molecule has 0 spiro atoms. The maximum atomic E-state index is 4.40. The summed E-state index contributed by atoms with van der Waals surface area (Å²) in [6, 6.07) is 9.06. The van der Waals surface area contributed by atoms with Crippen molar-refractivity contribution in [3.8, 4) is 0 Å². The SMILES string of the molecule is C=CC(=C)C(CCCCCCCC)(C(=C)C=C)c1cccc(CCCCC)c1. The quantitative estimate of drug-likeness (QED) is 0.199. The molecule has 0 unspecified atom stereocenters. The number of benzene rings is 1. The molecule has 0 radical (unpaired) electrons. The third-order valence-corrected chi connectivity index (χ3v) is 5.98. The summed E-state index contributed by atoms with van der Waals surface area (Å²) >= 11 is 0. The van der Waals surface area contributed by atoms with Gasteiger partial charge in [-0.05, 0) is 41.5 Å². The zero-order valence-corrected chi connectivity index (χ0v) is 18.6. The molecule has 0 aliphatic rings. The Labute approximate surface area is 175 Å². The molecule has 0 aliphatic carbocycles. The standard InChI is InChI=1S/C28H42/c1-7-11-13-14-15-17-22-28(24(5)9-3,25(6)10-4)27-21-18-20-26(23-27)19-16-12-8-2/h9-10,18,20-21,23H,3-8,11-17,19,22H2,1-2H3. The second-order valence-electron chi connectivity index (χ2n) is 8.04. The van der Waals surface area contributed by atoms with Gasteiger partial charge in [0.1, 0.15) is 0 Å². The van der Waals surface area contributed by atoms with Crippen LogP contribution in [0.3, 0.4) is 0 Å². The Kier molecular flexibility index (Phi) is 11.6. The maximum Gasteiger partial charge on any atom is 0.0439 e. The molecule has 0 heterocycles. The normalized spacial score (nSPS) is 11.2. The molecule has 0 nitrogen and oxygen atoms in total. The molecule has 28 heavy (non-hydrogen) atoms. The van der Waals surface area contributed by atoms with E-state index in [1.807, 2.05) is 12.2 Å². The van der Waals surface area contributed by atoms with E-state index in [-0.39, 0.29) is 5.41 Å². The van der Waals surface area contributed by atoms with Crippen molar-refractivity contribution < 1.29 is 0 Å². The number of unbranched alkanes of at least 4 members (excludes halogenated alkanes) is 7. The van der Waals surface area contributed by atoms with Gasteiger partial charge in [0.2, 0.25) is 0 Å². The first kappa shape index (κ1) is 24.2. The Morgan fingerprint density at radius 3 is 2.00 bits per heavy atom. The van der Waals surface area contributed by atoms with Crippen LogP contribution in [0.1, 0.15) is 89.2 Å². The van der Waals surface area contributed by atoms with Crippen LogP contribution >= 0.6 is 0 Å². The minimum Gasteiger partial charge on any atom is -0.0988 e. The Morgan fingerprint density at radius 1 is 0.821 bits per heavy atom. The van der Waals surface area contributed by atoms with Crippen molar-refractivity contribution in [1.29, 1.82) is 0 Å². The van der Waals surface area contributed by atoms with Crippen LogP contribution in [0.2, 0.25) is 0 Å². The van der Waals surface area contributed by atoms with E-state index < -0.39 is 0 Å². The van der Waals surface area contributed by atoms with Gasteiger partial charge in [0.15, 0.2) is 0 Å². The molecule has 0 atom stereocenters. The highest BCUT2D eigenvalue weighted by molar-refractivity contribution is 5.52. The van der Waals surface area contributed by atoms with Crippen LogP contribution in [-0.4, -0.2) is 0 Å². The monoisotopic (exact) mass is 378 g/mol. The minimum absolute atomic E-state index is 0.283. The molecule has 0 heteroatoms. The average molecular weight is 379 g/mol. The number of hydrogen-bond acceptors (Lipinski definition) is 0. The first-order valence-electron chi connectivity index (χ1n) is 11.3. The van der Waals surface area contributed by atoms with Crippen LogP contribution in [-0.2, 0) is 11.8 Å². The fourth-order valence-corrected chi connectivity index (χ4v) is 4.13. The lowest BCUT2D eigenvalue weighted by Crippen LogP contribution is -2.29. The number of allylic oxidation sites excluding steroid dienone is 4.